The van der Waals surface area contributed by atoms with Crippen LogP contribution in [0.4, 0.5) is 5.82 Å². The standard InChI is InChI=1S/C25H29N5O2/c1-16-15-32-23(19-6-7-24(26)28-12-19)14-30(16)13-20-10-17(20)8-9-27-25(31)22-11-18-4-2-3-5-21(18)29-22/h2-7,11-12,15,17,20,23,29H,8-10,13-14H2,1H3,(H2,26,28)(H,27,31). The first-order chi connectivity index (χ1) is 15.6. The zero-order valence-electron chi connectivity index (χ0n) is 18.3. The fourth-order valence-electron chi connectivity index (χ4n) is 4.48. The van der Waals surface area contributed by atoms with Gasteiger partial charge in [0.1, 0.15) is 23.9 Å². The van der Waals surface area contributed by atoms with E-state index in [2.05, 4.69) is 27.1 Å². The second kappa shape index (κ2) is 8.57. The molecule has 32 heavy (non-hydrogen) atoms. The van der Waals surface area contributed by atoms with Gasteiger partial charge in [-0.25, -0.2) is 4.98 Å². The molecule has 2 aromatic heterocycles. The van der Waals surface area contributed by atoms with E-state index in [0.29, 0.717) is 29.9 Å². The Morgan fingerprint density at radius 2 is 2.16 bits per heavy atom. The molecule has 0 radical (unpaired) electrons. The van der Waals surface area contributed by atoms with Crippen molar-refractivity contribution in [3.8, 4) is 0 Å². The molecule has 1 amide bonds. The van der Waals surface area contributed by atoms with Crippen LogP contribution >= 0.6 is 0 Å². The number of hydrogen-bond acceptors (Lipinski definition) is 5. The number of pyridine rings is 1. The number of amides is 1. The van der Waals surface area contributed by atoms with E-state index in [-0.39, 0.29) is 12.0 Å². The molecule has 2 aliphatic rings. The van der Waals surface area contributed by atoms with Crippen LogP contribution in [0, 0.1) is 11.8 Å². The Morgan fingerprint density at radius 1 is 1.28 bits per heavy atom. The molecule has 1 aliphatic heterocycles. The number of H-pyrrole nitrogens is 1. The van der Waals surface area contributed by atoms with Crippen LogP contribution in [0.15, 0.2) is 60.6 Å². The molecule has 3 unspecified atom stereocenters. The fourth-order valence-corrected chi connectivity index (χ4v) is 4.48. The van der Waals surface area contributed by atoms with Gasteiger partial charge >= 0.3 is 0 Å². The summed E-state index contributed by atoms with van der Waals surface area (Å²) in [6.45, 7) is 4.63. The Hall–Kier alpha value is -3.48. The van der Waals surface area contributed by atoms with Crippen molar-refractivity contribution in [1.29, 1.82) is 0 Å². The van der Waals surface area contributed by atoms with Crippen molar-refractivity contribution in [3.05, 3.63) is 71.9 Å². The number of aromatic amines is 1. The van der Waals surface area contributed by atoms with Crippen molar-refractivity contribution in [2.24, 2.45) is 11.8 Å². The molecule has 3 aromatic rings. The Bertz CT molecular complexity index is 1100. The third-order valence-corrected chi connectivity index (χ3v) is 6.57. The third kappa shape index (κ3) is 4.42. The van der Waals surface area contributed by atoms with E-state index in [1.165, 1.54) is 6.42 Å². The number of ether oxygens (including phenoxy) is 1. The molecule has 7 nitrogen and oxygen atoms in total. The van der Waals surface area contributed by atoms with E-state index in [1.807, 2.05) is 48.7 Å². The zero-order chi connectivity index (χ0) is 22.1. The average Bonchev–Trinajstić information content (AvgIpc) is 3.38. The van der Waals surface area contributed by atoms with Gasteiger partial charge in [0.05, 0.1) is 6.54 Å². The number of carbonyl (C=O) groups excluding carboxylic acids is 1. The molecule has 5 rings (SSSR count). The first-order valence-corrected chi connectivity index (χ1v) is 11.2. The molecule has 0 spiro atoms. The maximum Gasteiger partial charge on any atom is 0.267 e. The number of nitrogens with two attached hydrogens (primary N) is 1. The van der Waals surface area contributed by atoms with Gasteiger partial charge in [0.15, 0.2) is 0 Å². The molecule has 1 aliphatic carbocycles. The summed E-state index contributed by atoms with van der Waals surface area (Å²) in [5.41, 5.74) is 9.51. The number of nitrogens with zero attached hydrogens (tertiary/aromatic N) is 2. The fraction of sp³-hybridized carbons (Fsp3) is 0.360. The maximum atomic E-state index is 12.5. The van der Waals surface area contributed by atoms with E-state index < -0.39 is 0 Å². The normalized spacial score (nSPS) is 22.3. The van der Waals surface area contributed by atoms with Crippen LogP contribution in [0.1, 0.15) is 41.9 Å². The van der Waals surface area contributed by atoms with Gasteiger partial charge in [0, 0.05) is 41.4 Å². The smallest absolute Gasteiger partial charge is 0.267 e. The highest BCUT2D eigenvalue weighted by atomic mass is 16.5. The third-order valence-electron chi connectivity index (χ3n) is 6.57. The lowest BCUT2D eigenvalue weighted by atomic mass is 10.1. The molecule has 3 atom stereocenters. The molecule has 1 aromatic carbocycles. The molecule has 0 bridgehead atoms. The van der Waals surface area contributed by atoms with Crippen molar-refractivity contribution < 1.29 is 9.53 Å². The summed E-state index contributed by atoms with van der Waals surface area (Å²) in [6.07, 6.45) is 5.83. The van der Waals surface area contributed by atoms with Crippen molar-refractivity contribution in [2.45, 2.75) is 25.9 Å². The first kappa shape index (κ1) is 20.4. The molecular formula is C25H29N5O2. The summed E-state index contributed by atoms with van der Waals surface area (Å²) < 4.78 is 5.90. The lowest BCUT2D eigenvalue weighted by Crippen LogP contribution is -2.33. The Morgan fingerprint density at radius 3 is 2.97 bits per heavy atom. The van der Waals surface area contributed by atoms with Crippen molar-refractivity contribution in [2.75, 3.05) is 25.4 Å². The highest BCUT2D eigenvalue weighted by Crippen LogP contribution is 2.42. The van der Waals surface area contributed by atoms with Gasteiger partial charge in [-0.2, -0.15) is 0 Å². The average molecular weight is 432 g/mol. The molecular weight excluding hydrogens is 402 g/mol. The number of fused-ring (bicyclic) bond motifs is 1. The van der Waals surface area contributed by atoms with Crippen LogP contribution in [-0.4, -0.2) is 40.4 Å². The monoisotopic (exact) mass is 431 g/mol. The van der Waals surface area contributed by atoms with Gasteiger partial charge < -0.3 is 25.7 Å². The molecule has 0 saturated heterocycles. The van der Waals surface area contributed by atoms with Gasteiger partial charge in [-0.3, -0.25) is 4.79 Å². The zero-order valence-corrected chi connectivity index (χ0v) is 18.3. The van der Waals surface area contributed by atoms with E-state index in [1.54, 1.807) is 6.20 Å². The molecule has 4 N–H and O–H groups in total. The number of carbonyl (C=O) groups is 1. The largest absolute Gasteiger partial charge is 0.490 e. The number of para-hydroxylation sites is 1. The highest BCUT2D eigenvalue weighted by Gasteiger charge is 2.38. The Labute approximate surface area is 187 Å². The molecule has 7 heteroatoms. The van der Waals surface area contributed by atoms with Crippen molar-refractivity contribution in [3.63, 3.8) is 0 Å². The van der Waals surface area contributed by atoms with Crippen molar-refractivity contribution in [1.82, 2.24) is 20.2 Å². The number of aromatic nitrogens is 2. The van der Waals surface area contributed by atoms with E-state index in [9.17, 15) is 4.79 Å². The first-order valence-electron chi connectivity index (χ1n) is 11.2. The predicted octanol–water partition coefficient (Wildman–Crippen LogP) is 3.84. The number of nitrogen functional groups attached to an aromatic ring is 1. The molecule has 1 saturated carbocycles. The number of allylic oxidation sites excluding steroid dienone is 1. The highest BCUT2D eigenvalue weighted by molar-refractivity contribution is 5.97. The van der Waals surface area contributed by atoms with E-state index in [0.717, 1.165) is 41.7 Å². The van der Waals surface area contributed by atoms with Crippen LogP contribution in [0.2, 0.25) is 0 Å². The minimum absolute atomic E-state index is 0.0282. The lowest BCUT2D eigenvalue weighted by molar-refractivity contribution is 0.0712. The number of rotatable bonds is 7. The molecule has 166 valence electrons. The van der Waals surface area contributed by atoms with Crippen molar-refractivity contribution >= 4 is 22.6 Å². The van der Waals surface area contributed by atoms with Gasteiger partial charge in [0.2, 0.25) is 0 Å². The summed E-state index contributed by atoms with van der Waals surface area (Å²) in [7, 11) is 0. The topological polar surface area (TPSA) is 96.3 Å². The van der Waals surface area contributed by atoms with Crippen LogP contribution in [0.25, 0.3) is 10.9 Å². The van der Waals surface area contributed by atoms with Crippen LogP contribution in [-0.2, 0) is 4.74 Å². The number of hydrogen-bond donors (Lipinski definition) is 3. The van der Waals surface area contributed by atoms with E-state index in [4.69, 9.17) is 10.5 Å². The van der Waals surface area contributed by atoms with Gasteiger partial charge in [-0.15, -0.1) is 0 Å². The van der Waals surface area contributed by atoms with Crippen LogP contribution in [0.3, 0.4) is 0 Å². The summed E-state index contributed by atoms with van der Waals surface area (Å²) in [6, 6.07) is 13.6. The van der Waals surface area contributed by atoms with E-state index >= 15 is 0 Å². The van der Waals surface area contributed by atoms with Crippen LogP contribution < -0.4 is 11.1 Å². The predicted molar refractivity (Wildman–Crippen MR) is 125 cm³/mol. The number of nitrogens with one attached hydrogen (secondary N) is 2. The Balaban J connectivity index is 1.08. The quantitative estimate of drug-likeness (QED) is 0.528. The van der Waals surface area contributed by atoms with Gasteiger partial charge in [-0.05, 0) is 49.8 Å². The summed E-state index contributed by atoms with van der Waals surface area (Å²) >= 11 is 0. The summed E-state index contributed by atoms with van der Waals surface area (Å²) in [5.74, 6) is 1.80. The number of anilines is 1. The second-order valence-corrected chi connectivity index (χ2v) is 8.88. The molecule has 1 fully saturated rings. The SMILES string of the molecule is CC1=COC(c2ccc(N)nc2)CN1CC1CC1CCNC(=O)c1cc2ccccc2[nH]1. The minimum Gasteiger partial charge on any atom is -0.490 e. The summed E-state index contributed by atoms with van der Waals surface area (Å²) in [4.78, 5) is 22.2. The van der Waals surface area contributed by atoms with Gasteiger partial charge in [-0.1, -0.05) is 24.3 Å². The van der Waals surface area contributed by atoms with Gasteiger partial charge in [0.25, 0.3) is 5.91 Å². The lowest BCUT2D eigenvalue weighted by Gasteiger charge is -2.34. The van der Waals surface area contributed by atoms with Crippen LogP contribution in [0.5, 0.6) is 0 Å². The molecule has 3 heterocycles. The summed E-state index contributed by atoms with van der Waals surface area (Å²) in [5, 5.41) is 4.12. The maximum absolute atomic E-state index is 12.5. The second-order valence-electron chi connectivity index (χ2n) is 8.88. The number of benzene rings is 1. The minimum atomic E-state index is -0.0368. The Kier molecular flexibility index (Phi) is 5.47.